The quantitative estimate of drug-likeness (QED) is 0.827. The molecule has 134 valence electrons. The molecule has 1 saturated carbocycles. The molecule has 2 aliphatic rings. The molecule has 0 saturated heterocycles. The second kappa shape index (κ2) is 7.22. The average Bonchev–Trinajstić information content (AvgIpc) is 3.38. The van der Waals surface area contributed by atoms with Crippen LogP contribution in [0.2, 0.25) is 0 Å². The summed E-state index contributed by atoms with van der Waals surface area (Å²) in [6.45, 7) is 0. The largest absolute Gasteiger partial charge is 0.497 e. The van der Waals surface area contributed by atoms with Gasteiger partial charge in [-0.3, -0.25) is 14.8 Å². The highest BCUT2D eigenvalue weighted by Gasteiger charge is 2.31. The minimum absolute atomic E-state index is 0.475. The van der Waals surface area contributed by atoms with Crippen molar-refractivity contribution < 1.29 is 9.53 Å². The lowest BCUT2D eigenvalue weighted by Crippen LogP contribution is -2.45. The van der Waals surface area contributed by atoms with Crippen LogP contribution in [0.4, 0.5) is 5.69 Å². The summed E-state index contributed by atoms with van der Waals surface area (Å²) in [6.07, 6.45) is 7.87. The number of nitrogens with zero attached hydrogens (tertiary/aromatic N) is 2. The summed E-state index contributed by atoms with van der Waals surface area (Å²) in [6, 6.07) is 16.2. The van der Waals surface area contributed by atoms with Gasteiger partial charge in [0.1, 0.15) is 12.0 Å². The second-order valence-electron chi connectivity index (χ2n) is 6.73. The molecular formula is C21H23N3O2. The lowest BCUT2D eigenvalue weighted by Gasteiger charge is -2.30. The Labute approximate surface area is 153 Å². The first kappa shape index (κ1) is 16.7. The maximum Gasteiger partial charge on any atom is 0.150 e. The van der Waals surface area contributed by atoms with Gasteiger partial charge in [-0.1, -0.05) is 25.0 Å². The van der Waals surface area contributed by atoms with Crippen LogP contribution in [0.5, 0.6) is 5.75 Å². The molecule has 4 rings (SSSR count). The first-order valence-corrected chi connectivity index (χ1v) is 9.05. The molecule has 0 atom stereocenters. The molecule has 0 amide bonds. The molecule has 1 heterocycles. The standard InChI is InChI=1S/C21H23N3O2/c1-26-20-11-9-17(10-12-20)21-14-23(19-8-4-5-16(13-19)15-25)22-24(21)18-6-2-3-7-18/h4-5,8-15,18,22H,2-3,6-7H2,1H3. The number of hydrazine groups is 2. The highest BCUT2D eigenvalue weighted by atomic mass is 16.5. The number of benzene rings is 2. The Bertz CT molecular complexity index is 810. The number of ether oxygens (including phenoxy) is 1. The number of rotatable bonds is 5. The van der Waals surface area contributed by atoms with E-state index in [2.05, 4.69) is 28.9 Å². The zero-order chi connectivity index (χ0) is 17.9. The van der Waals surface area contributed by atoms with Crippen LogP contribution in [0, 0.1) is 0 Å². The smallest absolute Gasteiger partial charge is 0.150 e. The normalized spacial score (nSPS) is 17.5. The predicted octanol–water partition coefficient (Wildman–Crippen LogP) is 3.99. The summed E-state index contributed by atoms with van der Waals surface area (Å²) in [7, 11) is 1.68. The topological polar surface area (TPSA) is 44.8 Å². The number of nitrogens with one attached hydrogen (secondary N) is 1. The summed E-state index contributed by atoms with van der Waals surface area (Å²) < 4.78 is 5.28. The Kier molecular flexibility index (Phi) is 4.63. The maximum atomic E-state index is 11.1. The minimum Gasteiger partial charge on any atom is -0.497 e. The molecule has 0 spiro atoms. The van der Waals surface area contributed by atoms with Gasteiger partial charge in [-0.05, 0) is 49.2 Å². The van der Waals surface area contributed by atoms with Gasteiger partial charge in [0.2, 0.25) is 0 Å². The summed E-state index contributed by atoms with van der Waals surface area (Å²) in [5, 5.41) is 4.26. The van der Waals surface area contributed by atoms with Gasteiger partial charge in [-0.2, -0.15) is 0 Å². The molecule has 5 nitrogen and oxygen atoms in total. The zero-order valence-corrected chi connectivity index (χ0v) is 14.9. The number of hydrogen-bond acceptors (Lipinski definition) is 5. The van der Waals surface area contributed by atoms with E-state index in [-0.39, 0.29) is 0 Å². The lowest BCUT2D eigenvalue weighted by atomic mass is 10.1. The van der Waals surface area contributed by atoms with Gasteiger partial charge in [-0.25, -0.2) is 0 Å². The van der Waals surface area contributed by atoms with Crippen molar-refractivity contribution in [3.05, 3.63) is 65.9 Å². The molecule has 1 aliphatic carbocycles. The third kappa shape index (κ3) is 3.18. The van der Waals surface area contributed by atoms with Crippen LogP contribution in [0.25, 0.3) is 5.70 Å². The molecule has 26 heavy (non-hydrogen) atoms. The Morgan fingerprint density at radius 1 is 1.12 bits per heavy atom. The number of carbonyl (C=O) groups excluding carboxylic acids is 1. The number of hydrogen-bond donors (Lipinski definition) is 1. The van der Waals surface area contributed by atoms with E-state index in [4.69, 9.17) is 4.74 Å². The Balaban J connectivity index is 1.68. The highest BCUT2D eigenvalue weighted by Crippen LogP contribution is 2.34. The van der Waals surface area contributed by atoms with E-state index in [1.165, 1.54) is 25.7 Å². The SMILES string of the molecule is COc1ccc(C2=CN(c3cccc(C=O)c3)NN2C2CCCC2)cc1. The number of aldehydes is 1. The van der Waals surface area contributed by atoms with Gasteiger partial charge in [0.05, 0.1) is 18.5 Å². The molecule has 0 bridgehead atoms. The fourth-order valence-electron chi connectivity index (χ4n) is 3.68. The van der Waals surface area contributed by atoms with Crippen LogP contribution in [-0.4, -0.2) is 24.4 Å². The lowest BCUT2D eigenvalue weighted by molar-refractivity contribution is 0.112. The highest BCUT2D eigenvalue weighted by molar-refractivity contribution is 5.78. The van der Waals surface area contributed by atoms with Crippen molar-refractivity contribution >= 4 is 17.7 Å². The summed E-state index contributed by atoms with van der Waals surface area (Å²) >= 11 is 0. The van der Waals surface area contributed by atoms with Crippen molar-refractivity contribution in [2.24, 2.45) is 0 Å². The third-order valence-electron chi connectivity index (χ3n) is 5.09. The van der Waals surface area contributed by atoms with Crippen LogP contribution < -0.4 is 15.3 Å². The van der Waals surface area contributed by atoms with E-state index in [0.29, 0.717) is 11.6 Å². The van der Waals surface area contributed by atoms with E-state index in [0.717, 1.165) is 29.0 Å². The third-order valence-corrected chi connectivity index (χ3v) is 5.09. The maximum absolute atomic E-state index is 11.1. The summed E-state index contributed by atoms with van der Waals surface area (Å²) in [5.41, 5.74) is 7.39. The molecule has 1 aliphatic heterocycles. The monoisotopic (exact) mass is 349 g/mol. The Morgan fingerprint density at radius 2 is 1.88 bits per heavy atom. The number of carbonyl (C=O) groups is 1. The van der Waals surface area contributed by atoms with Crippen molar-refractivity contribution in [1.82, 2.24) is 10.5 Å². The molecule has 1 N–H and O–H groups in total. The van der Waals surface area contributed by atoms with Crippen molar-refractivity contribution in [3.8, 4) is 5.75 Å². The van der Waals surface area contributed by atoms with Gasteiger partial charge in [0, 0.05) is 23.4 Å². The molecule has 2 aromatic rings. The van der Waals surface area contributed by atoms with E-state index >= 15 is 0 Å². The van der Waals surface area contributed by atoms with E-state index in [1.54, 1.807) is 7.11 Å². The van der Waals surface area contributed by atoms with E-state index in [9.17, 15) is 4.79 Å². The van der Waals surface area contributed by atoms with Crippen molar-refractivity contribution in [1.29, 1.82) is 0 Å². The Hall–Kier alpha value is -2.79. The van der Waals surface area contributed by atoms with Gasteiger partial charge in [0.25, 0.3) is 0 Å². The first-order chi connectivity index (χ1) is 12.8. The molecule has 0 unspecified atom stereocenters. The Morgan fingerprint density at radius 3 is 2.58 bits per heavy atom. The van der Waals surface area contributed by atoms with Gasteiger partial charge in [0.15, 0.2) is 0 Å². The molecular weight excluding hydrogens is 326 g/mol. The van der Waals surface area contributed by atoms with Crippen molar-refractivity contribution in [3.63, 3.8) is 0 Å². The zero-order valence-electron chi connectivity index (χ0n) is 14.9. The van der Waals surface area contributed by atoms with Crippen LogP contribution in [0.15, 0.2) is 54.7 Å². The second-order valence-corrected chi connectivity index (χ2v) is 6.73. The van der Waals surface area contributed by atoms with Gasteiger partial charge in [-0.15, -0.1) is 5.53 Å². The molecule has 1 fully saturated rings. The van der Waals surface area contributed by atoms with Crippen LogP contribution in [-0.2, 0) is 0 Å². The molecule has 0 radical (unpaired) electrons. The number of methoxy groups -OCH3 is 1. The summed E-state index contributed by atoms with van der Waals surface area (Å²) in [4.78, 5) is 11.1. The molecule has 2 aromatic carbocycles. The fourth-order valence-corrected chi connectivity index (χ4v) is 3.68. The predicted molar refractivity (Wildman–Crippen MR) is 103 cm³/mol. The minimum atomic E-state index is 0.475. The summed E-state index contributed by atoms with van der Waals surface area (Å²) in [5.74, 6) is 0.850. The first-order valence-electron chi connectivity index (χ1n) is 9.05. The number of anilines is 1. The van der Waals surface area contributed by atoms with Crippen molar-refractivity contribution in [2.45, 2.75) is 31.7 Å². The average molecular weight is 349 g/mol. The van der Waals surface area contributed by atoms with E-state index in [1.807, 2.05) is 41.4 Å². The van der Waals surface area contributed by atoms with Gasteiger partial charge < -0.3 is 4.74 Å². The van der Waals surface area contributed by atoms with Crippen LogP contribution in [0.1, 0.15) is 41.6 Å². The van der Waals surface area contributed by atoms with Crippen LogP contribution in [0.3, 0.4) is 0 Å². The van der Waals surface area contributed by atoms with Gasteiger partial charge >= 0.3 is 0 Å². The fraction of sp³-hybridized carbons (Fsp3) is 0.286. The van der Waals surface area contributed by atoms with Crippen molar-refractivity contribution in [2.75, 3.05) is 12.1 Å². The molecule has 5 heteroatoms. The molecule has 0 aromatic heterocycles. The van der Waals surface area contributed by atoms with E-state index < -0.39 is 0 Å². The van der Waals surface area contributed by atoms with Crippen LogP contribution >= 0.6 is 0 Å².